The first-order valence-corrected chi connectivity index (χ1v) is 5.55. The van der Waals surface area contributed by atoms with Crippen LogP contribution in [-0.2, 0) is 6.18 Å². The number of nitrogens with zero attached hydrogens (tertiary/aromatic N) is 1. The lowest BCUT2D eigenvalue weighted by Crippen LogP contribution is -2.04. The molecular weight excluding hydrogens is 269 g/mol. The summed E-state index contributed by atoms with van der Waals surface area (Å²) in [7, 11) is 0. The number of benzene rings is 2. The van der Waals surface area contributed by atoms with Crippen molar-refractivity contribution in [3.05, 3.63) is 53.6 Å². The Hall–Kier alpha value is -2.68. The van der Waals surface area contributed by atoms with Crippen molar-refractivity contribution in [2.24, 2.45) is 0 Å². The zero-order valence-electron chi connectivity index (χ0n) is 10.1. The van der Waals surface area contributed by atoms with Crippen molar-refractivity contribution in [1.29, 1.82) is 5.26 Å². The summed E-state index contributed by atoms with van der Waals surface area (Å²) in [5.74, 6) is 0.281. The highest BCUT2D eigenvalue weighted by Crippen LogP contribution is 2.33. The fourth-order valence-electron chi connectivity index (χ4n) is 1.57. The Morgan fingerprint density at radius 2 is 1.75 bits per heavy atom. The molecular formula is C14H9F3N2O. The molecule has 0 amide bonds. The largest absolute Gasteiger partial charge is 0.457 e. The summed E-state index contributed by atoms with van der Waals surface area (Å²) in [4.78, 5) is 0. The van der Waals surface area contributed by atoms with Gasteiger partial charge in [0, 0.05) is 11.8 Å². The number of hydrogen-bond donors (Lipinski definition) is 1. The van der Waals surface area contributed by atoms with Gasteiger partial charge in [-0.05, 0) is 30.3 Å². The Morgan fingerprint density at radius 1 is 1.05 bits per heavy atom. The Kier molecular flexibility index (Phi) is 3.53. The maximum Gasteiger partial charge on any atom is 0.416 e. The van der Waals surface area contributed by atoms with E-state index >= 15 is 0 Å². The topological polar surface area (TPSA) is 59.0 Å². The maximum absolute atomic E-state index is 12.6. The minimum atomic E-state index is -4.43. The van der Waals surface area contributed by atoms with Crippen molar-refractivity contribution >= 4 is 5.69 Å². The number of hydrogen-bond acceptors (Lipinski definition) is 3. The third-order valence-corrected chi connectivity index (χ3v) is 2.54. The van der Waals surface area contributed by atoms with Crippen LogP contribution in [0, 0.1) is 11.3 Å². The molecule has 2 N–H and O–H groups in total. The Bertz CT molecular complexity index is 675. The summed E-state index contributed by atoms with van der Waals surface area (Å²) in [5, 5.41) is 8.83. The van der Waals surface area contributed by atoms with Gasteiger partial charge in [-0.3, -0.25) is 0 Å². The lowest BCUT2D eigenvalue weighted by atomic mass is 10.2. The molecule has 0 saturated carbocycles. The Morgan fingerprint density at radius 3 is 2.40 bits per heavy atom. The quantitative estimate of drug-likeness (QED) is 0.846. The number of anilines is 1. The molecule has 0 saturated heterocycles. The van der Waals surface area contributed by atoms with Crippen LogP contribution in [0.2, 0.25) is 0 Å². The lowest BCUT2D eigenvalue weighted by molar-refractivity contribution is -0.137. The molecule has 3 nitrogen and oxygen atoms in total. The van der Waals surface area contributed by atoms with Gasteiger partial charge in [-0.15, -0.1) is 0 Å². The predicted octanol–water partition coefficient (Wildman–Crippen LogP) is 3.95. The van der Waals surface area contributed by atoms with E-state index in [2.05, 4.69) is 0 Å². The second kappa shape index (κ2) is 5.13. The maximum atomic E-state index is 12.6. The number of nitrogens with two attached hydrogens (primary N) is 1. The van der Waals surface area contributed by atoms with Crippen LogP contribution in [0.4, 0.5) is 18.9 Å². The molecule has 0 atom stereocenters. The van der Waals surface area contributed by atoms with E-state index in [0.29, 0.717) is 0 Å². The molecule has 2 aromatic carbocycles. The van der Waals surface area contributed by atoms with Gasteiger partial charge in [0.05, 0.1) is 11.1 Å². The molecule has 0 fully saturated rings. The summed E-state index contributed by atoms with van der Waals surface area (Å²) in [6, 6.07) is 10.7. The highest BCUT2D eigenvalue weighted by atomic mass is 19.4. The third kappa shape index (κ3) is 3.01. The molecule has 0 spiro atoms. The van der Waals surface area contributed by atoms with Gasteiger partial charge in [-0.2, -0.15) is 18.4 Å². The molecule has 2 aromatic rings. The van der Waals surface area contributed by atoms with Crippen molar-refractivity contribution < 1.29 is 17.9 Å². The smallest absolute Gasteiger partial charge is 0.416 e. The van der Waals surface area contributed by atoms with Crippen LogP contribution in [0.25, 0.3) is 0 Å². The number of halogens is 3. The van der Waals surface area contributed by atoms with E-state index < -0.39 is 11.7 Å². The van der Waals surface area contributed by atoms with E-state index in [1.807, 2.05) is 6.07 Å². The lowest BCUT2D eigenvalue weighted by Gasteiger charge is -2.10. The summed E-state index contributed by atoms with van der Waals surface area (Å²) in [6.07, 6.45) is -4.43. The van der Waals surface area contributed by atoms with E-state index in [-0.39, 0.29) is 22.7 Å². The first-order chi connectivity index (χ1) is 9.40. The summed E-state index contributed by atoms with van der Waals surface area (Å²) >= 11 is 0. The molecule has 102 valence electrons. The van der Waals surface area contributed by atoms with Gasteiger partial charge in [-0.1, -0.05) is 6.07 Å². The van der Waals surface area contributed by atoms with Crippen molar-refractivity contribution in [3.8, 4) is 17.6 Å². The average Bonchev–Trinajstić information content (AvgIpc) is 2.40. The van der Waals surface area contributed by atoms with Crippen molar-refractivity contribution in [2.45, 2.75) is 6.18 Å². The fraction of sp³-hybridized carbons (Fsp3) is 0.0714. The molecule has 0 aromatic heterocycles. The summed E-state index contributed by atoms with van der Waals surface area (Å²) in [5.41, 5.74) is 5.23. The second-order valence-corrected chi connectivity index (χ2v) is 3.99. The summed E-state index contributed by atoms with van der Waals surface area (Å²) in [6.45, 7) is 0. The summed E-state index contributed by atoms with van der Waals surface area (Å²) < 4.78 is 43.0. The van der Waals surface area contributed by atoms with Gasteiger partial charge in [0.1, 0.15) is 17.6 Å². The Labute approximate surface area is 113 Å². The van der Waals surface area contributed by atoms with E-state index in [1.54, 1.807) is 0 Å². The van der Waals surface area contributed by atoms with Crippen LogP contribution < -0.4 is 10.5 Å². The first kappa shape index (κ1) is 13.7. The minimum Gasteiger partial charge on any atom is -0.457 e. The fourth-order valence-corrected chi connectivity index (χ4v) is 1.57. The van der Waals surface area contributed by atoms with E-state index in [4.69, 9.17) is 15.7 Å². The zero-order chi connectivity index (χ0) is 14.8. The zero-order valence-corrected chi connectivity index (χ0v) is 10.1. The molecule has 0 aliphatic rings. The molecule has 2 rings (SSSR count). The molecule has 20 heavy (non-hydrogen) atoms. The third-order valence-electron chi connectivity index (χ3n) is 2.54. The van der Waals surface area contributed by atoms with E-state index in [9.17, 15) is 13.2 Å². The Balaban J connectivity index is 2.29. The number of rotatable bonds is 2. The highest BCUT2D eigenvalue weighted by Gasteiger charge is 2.30. The predicted molar refractivity (Wildman–Crippen MR) is 67.1 cm³/mol. The van der Waals surface area contributed by atoms with Gasteiger partial charge < -0.3 is 10.5 Å². The van der Waals surface area contributed by atoms with Gasteiger partial charge in [0.2, 0.25) is 0 Å². The number of alkyl halides is 3. The molecule has 0 radical (unpaired) electrons. The van der Waals surface area contributed by atoms with Crippen LogP contribution >= 0.6 is 0 Å². The van der Waals surface area contributed by atoms with Crippen LogP contribution in [0.3, 0.4) is 0 Å². The van der Waals surface area contributed by atoms with Gasteiger partial charge in [-0.25, -0.2) is 0 Å². The number of nitriles is 1. The minimum absolute atomic E-state index is 0.0356. The highest BCUT2D eigenvalue weighted by molar-refractivity contribution is 5.57. The molecule has 0 aliphatic carbocycles. The monoisotopic (exact) mass is 278 g/mol. The van der Waals surface area contributed by atoms with Crippen LogP contribution in [0.15, 0.2) is 42.5 Å². The first-order valence-electron chi connectivity index (χ1n) is 5.55. The standard InChI is InChI=1S/C14H9F3N2O/c15-14(16,17)10-2-1-3-11(7-10)20-12-4-5-13(19)9(6-12)8-18/h1-7H,19H2. The number of nitrogen functional groups attached to an aromatic ring is 1. The molecule has 6 heteroatoms. The molecule has 0 aliphatic heterocycles. The second-order valence-electron chi connectivity index (χ2n) is 3.99. The van der Waals surface area contributed by atoms with Crippen LogP contribution in [0.5, 0.6) is 11.5 Å². The molecule has 0 unspecified atom stereocenters. The van der Waals surface area contributed by atoms with E-state index in [0.717, 1.165) is 12.1 Å². The molecule has 0 bridgehead atoms. The SMILES string of the molecule is N#Cc1cc(Oc2cccc(C(F)(F)F)c2)ccc1N. The van der Waals surface area contributed by atoms with E-state index in [1.165, 1.54) is 30.3 Å². The van der Waals surface area contributed by atoms with Crippen LogP contribution in [-0.4, -0.2) is 0 Å². The average molecular weight is 278 g/mol. The van der Waals surface area contributed by atoms with Crippen molar-refractivity contribution in [3.63, 3.8) is 0 Å². The van der Waals surface area contributed by atoms with Gasteiger partial charge >= 0.3 is 6.18 Å². The van der Waals surface area contributed by atoms with Gasteiger partial charge in [0.25, 0.3) is 0 Å². The normalized spacial score (nSPS) is 10.9. The van der Waals surface area contributed by atoms with Crippen LogP contribution in [0.1, 0.15) is 11.1 Å². The van der Waals surface area contributed by atoms with Gasteiger partial charge in [0.15, 0.2) is 0 Å². The number of ether oxygens (including phenoxy) is 1. The molecule has 0 heterocycles. The van der Waals surface area contributed by atoms with Crippen molar-refractivity contribution in [2.75, 3.05) is 5.73 Å². The van der Waals surface area contributed by atoms with Crippen molar-refractivity contribution in [1.82, 2.24) is 0 Å².